The van der Waals surface area contributed by atoms with Crippen molar-refractivity contribution in [1.29, 1.82) is 0 Å². The van der Waals surface area contributed by atoms with Crippen LogP contribution in [0.2, 0.25) is 5.02 Å². The number of halogens is 1. The highest BCUT2D eigenvalue weighted by Gasteiger charge is 2.02. The molecule has 0 bridgehead atoms. The molecule has 0 fully saturated rings. The first-order chi connectivity index (χ1) is 10.7. The number of benzene rings is 2. The number of aromatic hydroxyl groups is 1. The molecule has 0 spiro atoms. The molecule has 3 aromatic rings. The summed E-state index contributed by atoms with van der Waals surface area (Å²) in [4.78, 5) is 4.97. The van der Waals surface area contributed by atoms with E-state index in [2.05, 4.69) is 34.3 Å². The van der Waals surface area contributed by atoms with Crippen molar-refractivity contribution in [3.63, 3.8) is 0 Å². The van der Waals surface area contributed by atoms with Crippen LogP contribution in [0.3, 0.4) is 0 Å². The standard InChI is InChI=1S/C16H14ClN3OS/c17-15-7-14(5-6-16(15)21)22-9-13-3-1-12(2-4-13)8-20-11-18-10-19-20/h1-7,10-11,21H,8-9H2. The number of phenolic OH excluding ortho intramolecular Hbond substituents is 1. The van der Waals surface area contributed by atoms with Crippen molar-refractivity contribution in [1.82, 2.24) is 14.8 Å². The maximum atomic E-state index is 9.41. The van der Waals surface area contributed by atoms with Crippen molar-refractivity contribution in [3.05, 3.63) is 71.3 Å². The van der Waals surface area contributed by atoms with Crippen LogP contribution in [0.4, 0.5) is 0 Å². The van der Waals surface area contributed by atoms with Crippen LogP contribution in [0.1, 0.15) is 11.1 Å². The first-order valence-electron chi connectivity index (χ1n) is 6.72. The Morgan fingerprint density at radius 3 is 2.55 bits per heavy atom. The van der Waals surface area contributed by atoms with Crippen molar-refractivity contribution in [2.24, 2.45) is 0 Å². The van der Waals surface area contributed by atoms with E-state index in [1.807, 2.05) is 6.07 Å². The number of thioether (sulfide) groups is 1. The van der Waals surface area contributed by atoms with Gasteiger partial charge in [-0.1, -0.05) is 35.9 Å². The van der Waals surface area contributed by atoms with E-state index in [0.717, 1.165) is 17.2 Å². The van der Waals surface area contributed by atoms with E-state index in [1.54, 1.807) is 34.9 Å². The summed E-state index contributed by atoms with van der Waals surface area (Å²) in [5, 5.41) is 13.9. The lowest BCUT2D eigenvalue weighted by atomic mass is 10.1. The van der Waals surface area contributed by atoms with Crippen LogP contribution in [0, 0.1) is 0 Å². The van der Waals surface area contributed by atoms with Gasteiger partial charge in [0, 0.05) is 10.6 Å². The van der Waals surface area contributed by atoms with Crippen LogP contribution < -0.4 is 0 Å². The molecule has 1 N–H and O–H groups in total. The second kappa shape index (κ2) is 6.85. The number of nitrogens with zero attached hydrogens (tertiary/aromatic N) is 3. The van der Waals surface area contributed by atoms with Gasteiger partial charge >= 0.3 is 0 Å². The van der Waals surface area contributed by atoms with E-state index in [-0.39, 0.29) is 5.75 Å². The Balaban J connectivity index is 1.60. The third-order valence-electron chi connectivity index (χ3n) is 3.16. The van der Waals surface area contributed by atoms with Crippen LogP contribution >= 0.6 is 23.4 Å². The molecule has 1 heterocycles. The molecule has 1 aromatic heterocycles. The van der Waals surface area contributed by atoms with Crippen LogP contribution in [-0.2, 0) is 12.3 Å². The Kier molecular flexibility index (Phi) is 4.65. The third-order valence-corrected chi connectivity index (χ3v) is 4.53. The van der Waals surface area contributed by atoms with Gasteiger partial charge in [0.25, 0.3) is 0 Å². The molecule has 4 nitrogen and oxygen atoms in total. The predicted octanol–water partition coefficient (Wildman–Crippen LogP) is 3.98. The molecule has 6 heteroatoms. The average Bonchev–Trinajstić information content (AvgIpc) is 3.03. The minimum atomic E-state index is 0.114. The molecule has 0 atom stereocenters. The Bertz CT molecular complexity index is 745. The van der Waals surface area contributed by atoms with Crippen LogP contribution in [0.15, 0.2) is 60.0 Å². The molecular weight excluding hydrogens is 318 g/mol. The smallest absolute Gasteiger partial charge is 0.137 e. The fourth-order valence-electron chi connectivity index (χ4n) is 1.99. The zero-order valence-corrected chi connectivity index (χ0v) is 13.3. The SMILES string of the molecule is Oc1ccc(SCc2ccc(Cn3cncn3)cc2)cc1Cl. The van der Waals surface area contributed by atoms with Gasteiger partial charge in [-0.3, -0.25) is 0 Å². The lowest BCUT2D eigenvalue weighted by molar-refractivity contribution is 0.475. The summed E-state index contributed by atoms with van der Waals surface area (Å²) in [5.41, 5.74) is 2.42. The highest BCUT2D eigenvalue weighted by Crippen LogP contribution is 2.30. The number of phenols is 1. The molecule has 22 heavy (non-hydrogen) atoms. The number of rotatable bonds is 5. The molecule has 3 rings (SSSR count). The molecule has 0 aliphatic rings. The van der Waals surface area contributed by atoms with Crippen LogP contribution in [0.25, 0.3) is 0 Å². The maximum Gasteiger partial charge on any atom is 0.137 e. The monoisotopic (exact) mass is 331 g/mol. The van der Waals surface area contributed by atoms with Crippen molar-refractivity contribution in [2.75, 3.05) is 0 Å². The van der Waals surface area contributed by atoms with E-state index in [4.69, 9.17) is 11.6 Å². The van der Waals surface area contributed by atoms with Gasteiger partial charge in [-0.15, -0.1) is 11.8 Å². The van der Waals surface area contributed by atoms with Crippen molar-refractivity contribution in [3.8, 4) is 5.75 Å². The Labute approximate surface area is 137 Å². The summed E-state index contributed by atoms with van der Waals surface area (Å²) in [6.45, 7) is 0.723. The zero-order chi connectivity index (χ0) is 15.4. The first kappa shape index (κ1) is 14.9. The van der Waals surface area contributed by atoms with E-state index in [1.165, 1.54) is 17.5 Å². The normalized spacial score (nSPS) is 10.8. The van der Waals surface area contributed by atoms with E-state index in [0.29, 0.717) is 5.02 Å². The van der Waals surface area contributed by atoms with Crippen molar-refractivity contribution < 1.29 is 5.11 Å². The lowest BCUT2D eigenvalue weighted by Crippen LogP contribution is -1.99. The lowest BCUT2D eigenvalue weighted by Gasteiger charge is -2.06. The zero-order valence-electron chi connectivity index (χ0n) is 11.7. The maximum absolute atomic E-state index is 9.41. The third kappa shape index (κ3) is 3.81. The van der Waals surface area contributed by atoms with E-state index in [9.17, 15) is 5.11 Å². The molecule has 2 aromatic carbocycles. The van der Waals surface area contributed by atoms with Gasteiger partial charge < -0.3 is 5.11 Å². The van der Waals surface area contributed by atoms with Gasteiger partial charge in [-0.2, -0.15) is 5.10 Å². The molecule has 0 saturated heterocycles. The van der Waals surface area contributed by atoms with Crippen molar-refractivity contribution >= 4 is 23.4 Å². The molecular formula is C16H14ClN3OS. The Hall–Kier alpha value is -1.98. The van der Waals surface area contributed by atoms with Crippen LogP contribution in [-0.4, -0.2) is 19.9 Å². The van der Waals surface area contributed by atoms with Gasteiger partial charge in [0.15, 0.2) is 0 Å². The minimum absolute atomic E-state index is 0.114. The summed E-state index contributed by atoms with van der Waals surface area (Å²) in [6, 6.07) is 13.7. The quantitative estimate of drug-likeness (QED) is 0.718. The second-order valence-corrected chi connectivity index (χ2v) is 6.27. The second-order valence-electron chi connectivity index (χ2n) is 4.81. The average molecular weight is 332 g/mol. The summed E-state index contributed by atoms with van der Waals surface area (Å²) < 4.78 is 1.79. The van der Waals surface area contributed by atoms with Gasteiger partial charge in [-0.05, 0) is 29.3 Å². The van der Waals surface area contributed by atoms with Gasteiger partial charge in [0.2, 0.25) is 0 Å². The van der Waals surface area contributed by atoms with Gasteiger partial charge in [-0.25, -0.2) is 9.67 Å². The molecule has 0 amide bonds. The molecule has 0 aliphatic carbocycles. The number of hydrogen-bond acceptors (Lipinski definition) is 4. The molecule has 0 radical (unpaired) electrons. The van der Waals surface area contributed by atoms with E-state index < -0.39 is 0 Å². The predicted molar refractivity (Wildman–Crippen MR) is 88.2 cm³/mol. The van der Waals surface area contributed by atoms with Crippen molar-refractivity contribution in [2.45, 2.75) is 17.2 Å². The summed E-state index contributed by atoms with van der Waals surface area (Å²) in [6.07, 6.45) is 3.24. The summed E-state index contributed by atoms with van der Waals surface area (Å²) in [5.74, 6) is 0.966. The Morgan fingerprint density at radius 2 is 1.86 bits per heavy atom. The van der Waals surface area contributed by atoms with Gasteiger partial charge in [0.1, 0.15) is 18.4 Å². The molecule has 0 saturated carbocycles. The summed E-state index contributed by atoms with van der Waals surface area (Å²) in [7, 11) is 0. The topological polar surface area (TPSA) is 50.9 Å². The first-order valence-corrected chi connectivity index (χ1v) is 8.08. The molecule has 112 valence electrons. The Morgan fingerprint density at radius 1 is 1.09 bits per heavy atom. The number of aromatic nitrogens is 3. The van der Waals surface area contributed by atoms with Crippen LogP contribution in [0.5, 0.6) is 5.75 Å². The fourth-order valence-corrected chi connectivity index (χ4v) is 3.12. The highest BCUT2D eigenvalue weighted by molar-refractivity contribution is 7.98. The minimum Gasteiger partial charge on any atom is -0.506 e. The van der Waals surface area contributed by atoms with Gasteiger partial charge in [0.05, 0.1) is 11.6 Å². The fraction of sp³-hybridized carbons (Fsp3) is 0.125. The largest absolute Gasteiger partial charge is 0.506 e. The number of hydrogen-bond donors (Lipinski definition) is 1. The molecule has 0 aliphatic heterocycles. The summed E-state index contributed by atoms with van der Waals surface area (Å²) >= 11 is 7.59. The highest BCUT2D eigenvalue weighted by atomic mass is 35.5. The van der Waals surface area contributed by atoms with E-state index >= 15 is 0 Å². The molecule has 0 unspecified atom stereocenters.